The highest BCUT2D eigenvalue weighted by Crippen LogP contribution is 2.25. The van der Waals surface area contributed by atoms with E-state index < -0.39 is 34.1 Å². The molecule has 202 valence electrons. The maximum atomic E-state index is 13.9. The largest absolute Gasteiger partial charge is 0.350 e. The van der Waals surface area contributed by atoms with E-state index in [0.717, 1.165) is 19.9 Å². The third-order valence-corrected chi connectivity index (χ3v) is 8.15. The average molecular weight is 601 g/mol. The van der Waals surface area contributed by atoms with Crippen molar-refractivity contribution in [2.45, 2.75) is 57.6 Å². The number of benzene rings is 3. The molecule has 0 fully saturated rings. The molecule has 38 heavy (non-hydrogen) atoms. The van der Waals surface area contributed by atoms with Crippen LogP contribution in [0.1, 0.15) is 38.8 Å². The Labute approximate surface area is 234 Å². The fourth-order valence-electron chi connectivity index (χ4n) is 3.87. The third-order valence-electron chi connectivity index (χ3n) is 5.83. The lowest BCUT2D eigenvalue weighted by Crippen LogP contribution is -2.54. The molecule has 3 rings (SSSR count). The van der Waals surface area contributed by atoms with E-state index in [1.165, 1.54) is 17.0 Å². The zero-order chi connectivity index (χ0) is 28.1. The minimum absolute atomic E-state index is 0.0762. The molecule has 0 heterocycles. The van der Waals surface area contributed by atoms with Crippen LogP contribution in [0.5, 0.6) is 0 Å². The van der Waals surface area contributed by atoms with E-state index in [1.54, 1.807) is 43.3 Å². The Kier molecular flexibility index (Phi) is 9.38. The highest BCUT2D eigenvalue weighted by molar-refractivity contribution is 9.10. The topological polar surface area (TPSA) is 86.8 Å². The van der Waals surface area contributed by atoms with Gasteiger partial charge in [0.05, 0.1) is 10.6 Å². The second-order valence-electron chi connectivity index (χ2n) is 10.2. The quantitative estimate of drug-likeness (QED) is 0.362. The number of hydrogen-bond acceptors (Lipinski definition) is 4. The molecule has 1 atom stereocenters. The minimum Gasteiger partial charge on any atom is -0.350 e. The first-order chi connectivity index (χ1) is 17.8. The number of amides is 2. The summed E-state index contributed by atoms with van der Waals surface area (Å²) >= 11 is 3.42. The Morgan fingerprint density at radius 3 is 2.16 bits per heavy atom. The summed E-state index contributed by atoms with van der Waals surface area (Å²) in [5.41, 5.74) is 1.54. The second-order valence-corrected chi connectivity index (χ2v) is 13.0. The molecule has 0 radical (unpaired) electrons. The van der Waals surface area contributed by atoms with Crippen LogP contribution in [0.25, 0.3) is 0 Å². The maximum Gasteiger partial charge on any atom is 0.264 e. The van der Waals surface area contributed by atoms with E-state index in [1.807, 2.05) is 58.0 Å². The van der Waals surface area contributed by atoms with E-state index >= 15 is 0 Å². The van der Waals surface area contributed by atoms with Crippen molar-refractivity contribution < 1.29 is 18.0 Å². The highest BCUT2D eigenvalue weighted by atomic mass is 79.9. The molecule has 0 bridgehead atoms. The van der Waals surface area contributed by atoms with Crippen molar-refractivity contribution in [2.75, 3.05) is 10.8 Å². The van der Waals surface area contributed by atoms with Gasteiger partial charge in [0.1, 0.15) is 12.6 Å². The second kappa shape index (κ2) is 12.1. The van der Waals surface area contributed by atoms with Gasteiger partial charge in [-0.2, -0.15) is 0 Å². The lowest BCUT2D eigenvalue weighted by atomic mass is 10.1. The minimum atomic E-state index is -4.07. The Balaban J connectivity index is 2.02. The van der Waals surface area contributed by atoms with Gasteiger partial charge in [-0.1, -0.05) is 58.4 Å². The van der Waals surface area contributed by atoms with Gasteiger partial charge < -0.3 is 10.2 Å². The maximum absolute atomic E-state index is 13.9. The molecule has 2 amide bonds. The van der Waals surface area contributed by atoms with Crippen LogP contribution in [0.15, 0.2) is 88.2 Å². The molecule has 0 spiro atoms. The zero-order valence-electron chi connectivity index (χ0n) is 22.3. The number of halogens is 1. The Morgan fingerprint density at radius 2 is 1.58 bits per heavy atom. The van der Waals surface area contributed by atoms with Gasteiger partial charge in [-0.15, -0.1) is 0 Å². The number of nitrogens with zero attached hydrogens (tertiary/aromatic N) is 2. The number of carbonyl (C=O) groups excluding carboxylic acids is 2. The standard InChI is InChI=1S/C29H34BrN3O4S/c1-21-10-9-11-25(18-21)33(38(36,37)26-12-7-6-8-13-26)20-27(34)32(19-23-14-16-24(30)17-15-23)22(2)28(35)31-29(3,4)5/h6-18,22H,19-20H2,1-5H3,(H,31,35)/t22-/m1/s1. The van der Waals surface area contributed by atoms with Gasteiger partial charge >= 0.3 is 0 Å². The van der Waals surface area contributed by atoms with Crippen LogP contribution in [0.4, 0.5) is 5.69 Å². The van der Waals surface area contributed by atoms with Gasteiger partial charge in [0.15, 0.2) is 0 Å². The van der Waals surface area contributed by atoms with Crippen LogP contribution in [-0.4, -0.2) is 43.3 Å². The van der Waals surface area contributed by atoms with Crippen LogP contribution in [0.2, 0.25) is 0 Å². The molecule has 1 N–H and O–H groups in total. The van der Waals surface area contributed by atoms with Gasteiger partial charge in [0.25, 0.3) is 10.0 Å². The van der Waals surface area contributed by atoms with Crippen molar-refractivity contribution in [2.24, 2.45) is 0 Å². The fraction of sp³-hybridized carbons (Fsp3) is 0.310. The SMILES string of the molecule is Cc1cccc(N(CC(=O)N(Cc2ccc(Br)cc2)[C@H](C)C(=O)NC(C)(C)C)S(=O)(=O)c2ccccc2)c1. The molecule has 0 saturated carbocycles. The number of hydrogen-bond donors (Lipinski definition) is 1. The number of aryl methyl sites for hydroxylation is 1. The summed E-state index contributed by atoms with van der Waals surface area (Å²) in [5.74, 6) is -0.818. The Hall–Kier alpha value is -3.17. The van der Waals surface area contributed by atoms with E-state index in [-0.39, 0.29) is 17.3 Å². The molecule has 0 aliphatic carbocycles. The van der Waals surface area contributed by atoms with Crippen molar-refractivity contribution in [3.05, 3.63) is 94.5 Å². The average Bonchev–Trinajstić information content (AvgIpc) is 2.85. The van der Waals surface area contributed by atoms with E-state index in [9.17, 15) is 18.0 Å². The fourth-order valence-corrected chi connectivity index (χ4v) is 5.57. The molecule has 0 aliphatic rings. The predicted octanol–water partition coefficient (Wildman–Crippen LogP) is 5.28. The molecule has 0 unspecified atom stereocenters. The number of sulfonamides is 1. The summed E-state index contributed by atoms with van der Waals surface area (Å²) < 4.78 is 29.5. The number of nitrogens with one attached hydrogen (secondary N) is 1. The van der Waals surface area contributed by atoms with Crippen molar-refractivity contribution in [3.63, 3.8) is 0 Å². The third kappa shape index (κ3) is 7.68. The first-order valence-corrected chi connectivity index (χ1v) is 14.5. The van der Waals surface area contributed by atoms with Gasteiger partial charge in [-0.05, 0) is 82.1 Å². The zero-order valence-corrected chi connectivity index (χ0v) is 24.7. The Morgan fingerprint density at radius 1 is 0.947 bits per heavy atom. The molecule has 7 nitrogen and oxygen atoms in total. The number of carbonyl (C=O) groups is 2. The van der Waals surface area contributed by atoms with Gasteiger partial charge in [-0.3, -0.25) is 13.9 Å². The van der Waals surface area contributed by atoms with E-state index in [4.69, 9.17) is 0 Å². The molecule has 3 aromatic rings. The molecular weight excluding hydrogens is 566 g/mol. The monoisotopic (exact) mass is 599 g/mol. The molecule has 0 aromatic heterocycles. The predicted molar refractivity (Wildman–Crippen MR) is 154 cm³/mol. The lowest BCUT2D eigenvalue weighted by molar-refractivity contribution is -0.140. The van der Waals surface area contributed by atoms with Gasteiger partial charge in [-0.25, -0.2) is 8.42 Å². The van der Waals surface area contributed by atoms with Crippen molar-refractivity contribution in [3.8, 4) is 0 Å². The summed E-state index contributed by atoms with van der Waals surface area (Å²) in [6.07, 6.45) is 0. The van der Waals surface area contributed by atoms with Crippen LogP contribution in [0.3, 0.4) is 0 Å². The first kappa shape index (κ1) is 29.4. The van der Waals surface area contributed by atoms with Crippen molar-refractivity contribution >= 4 is 43.5 Å². The summed E-state index contributed by atoms with van der Waals surface area (Å²) in [4.78, 5) is 28.5. The number of rotatable bonds is 9. The lowest BCUT2D eigenvalue weighted by Gasteiger charge is -2.33. The van der Waals surface area contributed by atoms with Crippen molar-refractivity contribution in [1.29, 1.82) is 0 Å². The highest BCUT2D eigenvalue weighted by Gasteiger charge is 2.33. The van der Waals surface area contributed by atoms with Crippen LogP contribution in [0, 0.1) is 6.92 Å². The number of anilines is 1. The summed E-state index contributed by atoms with van der Waals surface area (Å²) in [6, 6.07) is 21.6. The molecular formula is C29H34BrN3O4S. The molecule has 3 aromatic carbocycles. The van der Waals surface area contributed by atoms with E-state index in [0.29, 0.717) is 5.69 Å². The summed E-state index contributed by atoms with van der Waals surface area (Å²) in [7, 11) is -4.07. The molecule has 0 saturated heterocycles. The van der Waals surface area contributed by atoms with Crippen LogP contribution in [-0.2, 0) is 26.2 Å². The molecule has 9 heteroatoms. The first-order valence-electron chi connectivity index (χ1n) is 12.3. The van der Waals surface area contributed by atoms with Crippen LogP contribution >= 0.6 is 15.9 Å². The van der Waals surface area contributed by atoms with Crippen molar-refractivity contribution in [1.82, 2.24) is 10.2 Å². The molecule has 0 aliphatic heterocycles. The normalized spacial score (nSPS) is 12.5. The van der Waals surface area contributed by atoms with Crippen LogP contribution < -0.4 is 9.62 Å². The Bertz CT molecular complexity index is 1370. The summed E-state index contributed by atoms with van der Waals surface area (Å²) in [5, 5.41) is 2.93. The smallest absolute Gasteiger partial charge is 0.264 e. The van der Waals surface area contributed by atoms with Gasteiger partial charge in [0, 0.05) is 16.6 Å². The van der Waals surface area contributed by atoms with Gasteiger partial charge in [0.2, 0.25) is 11.8 Å². The van der Waals surface area contributed by atoms with E-state index in [2.05, 4.69) is 21.2 Å². The summed E-state index contributed by atoms with van der Waals surface area (Å²) in [6.45, 7) is 8.78.